The smallest absolute Gasteiger partial charge is 0.00785 e. The molecule has 0 spiro atoms. The molecule has 0 heteroatoms. The van der Waals surface area contributed by atoms with E-state index in [2.05, 4.69) is 25.2 Å². The fraction of sp³-hybridized carbons (Fsp3) is 0.692. The molecule has 2 aliphatic carbocycles. The minimum Gasteiger partial charge on any atom is -0.0839 e. The Morgan fingerprint density at radius 3 is 2.46 bits per heavy atom. The van der Waals surface area contributed by atoms with E-state index >= 15 is 0 Å². The van der Waals surface area contributed by atoms with Crippen molar-refractivity contribution >= 4 is 0 Å². The second-order valence-corrected chi connectivity index (χ2v) is 4.76. The summed E-state index contributed by atoms with van der Waals surface area (Å²) in [7, 11) is 0. The van der Waals surface area contributed by atoms with Gasteiger partial charge in [0.1, 0.15) is 0 Å². The van der Waals surface area contributed by atoms with Crippen LogP contribution in [0.4, 0.5) is 0 Å². The van der Waals surface area contributed by atoms with Gasteiger partial charge in [0.2, 0.25) is 0 Å². The maximum Gasteiger partial charge on any atom is -0.00785 e. The molecule has 0 aromatic carbocycles. The Balaban J connectivity index is 2.12. The van der Waals surface area contributed by atoms with Crippen LogP contribution in [0.1, 0.15) is 51.9 Å². The number of hydrogen-bond acceptors (Lipinski definition) is 0. The molecule has 2 rings (SSSR count). The van der Waals surface area contributed by atoms with E-state index in [0.29, 0.717) is 5.41 Å². The molecule has 0 nitrogen and oxygen atoms in total. The van der Waals surface area contributed by atoms with Gasteiger partial charge in [-0.05, 0) is 36.7 Å². The van der Waals surface area contributed by atoms with Crippen molar-refractivity contribution in [2.24, 2.45) is 5.41 Å². The van der Waals surface area contributed by atoms with Crippen LogP contribution in [0.15, 0.2) is 23.8 Å². The van der Waals surface area contributed by atoms with E-state index in [1.54, 1.807) is 5.57 Å². The molecule has 0 aromatic heterocycles. The monoisotopic (exact) mass is 176 g/mol. The van der Waals surface area contributed by atoms with E-state index in [9.17, 15) is 0 Å². The summed E-state index contributed by atoms with van der Waals surface area (Å²) in [5.74, 6) is 0. The molecule has 1 saturated carbocycles. The molecule has 0 heterocycles. The van der Waals surface area contributed by atoms with Gasteiger partial charge in [-0.3, -0.25) is 0 Å². The van der Waals surface area contributed by atoms with Gasteiger partial charge in [-0.15, -0.1) is 0 Å². The van der Waals surface area contributed by atoms with E-state index in [0.717, 1.165) is 0 Å². The van der Waals surface area contributed by atoms with Crippen molar-refractivity contribution in [1.29, 1.82) is 0 Å². The molecule has 0 N–H and O–H groups in total. The zero-order chi connectivity index (χ0) is 9.15. The highest BCUT2D eigenvalue weighted by Gasteiger charge is 2.29. The third kappa shape index (κ3) is 1.87. The molecule has 1 fully saturated rings. The van der Waals surface area contributed by atoms with Gasteiger partial charge < -0.3 is 0 Å². The average molecular weight is 176 g/mol. The second-order valence-electron chi connectivity index (χ2n) is 4.76. The normalized spacial score (nSPS) is 27.0. The van der Waals surface area contributed by atoms with Gasteiger partial charge in [0.05, 0.1) is 0 Å². The van der Waals surface area contributed by atoms with Crippen molar-refractivity contribution in [2.75, 3.05) is 0 Å². The summed E-state index contributed by atoms with van der Waals surface area (Å²) >= 11 is 0. The minimum atomic E-state index is 0.523. The van der Waals surface area contributed by atoms with Crippen LogP contribution in [-0.4, -0.2) is 0 Å². The molecule has 2 aliphatic rings. The van der Waals surface area contributed by atoms with Gasteiger partial charge in [-0.1, -0.05) is 44.4 Å². The van der Waals surface area contributed by atoms with Crippen molar-refractivity contribution in [3.63, 3.8) is 0 Å². The summed E-state index contributed by atoms with van der Waals surface area (Å²) in [5.41, 5.74) is 2.15. The molecule has 0 saturated heterocycles. The lowest BCUT2D eigenvalue weighted by Crippen LogP contribution is -2.22. The maximum absolute atomic E-state index is 2.46. The van der Waals surface area contributed by atoms with Crippen LogP contribution >= 0.6 is 0 Å². The lowest BCUT2D eigenvalue weighted by molar-refractivity contribution is 0.271. The first-order chi connectivity index (χ1) is 6.31. The number of hydrogen-bond donors (Lipinski definition) is 0. The van der Waals surface area contributed by atoms with Crippen LogP contribution in [0.5, 0.6) is 0 Å². The van der Waals surface area contributed by atoms with Crippen molar-refractivity contribution in [3.05, 3.63) is 23.8 Å². The Bertz CT molecular complexity index is 226. The van der Waals surface area contributed by atoms with Crippen molar-refractivity contribution in [1.82, 2.24) is 0 Å². The summed E-state index contributed by atoms with van der Waals surface area (Å²) in [6, 6.07) is 0. The third-order valence-electron chi connectivity index (χ3n) is 3.65. The van der Waals surface area contributed by atoms with Gasteiger partial charge >= 0.3 is 0 Å². The van der Waals surface area contributed by atoms with Gasteiger partial charge in [0, 0.05) is 0 Å². The predicted octanol–water partition coefficient (Wildman–Crippen LogP) is 4.23. The Morgan fingerprint density at radius 2 is 1.85 bits per heavy atom. The minimum absolute atomic E-state index is 0.523. The van der Waals surface area contributed by atoms with Crippen molar-refractivity contribution in [2.45, 2.75) is 51.9 Å². The Hall–Kier alpha value is -0.520. The lowest BCUT2D eigenvalue weighted by atomic mass is 9.69. The second kappa shape index (κ2) is 3.69. The van der Waals surface area contributed by atoms with Crippen LogP contribution < -0.4 is 0 Å². The van der Waals surface area contributed by atoms with Crippen LogP contribution in [0, 0.1) is 5.41 Å². The summed E-state index contributed by atoms with van der Waals surface area (Å²) < 4.78 is 0. The van der Waals surface area contributed by atoms with Crippen LogP contribution in [0.25, 0.3) is 0 Å². The fourth-order valence-electron chi connectivity index (χ4n) is 2.68. The van der Waals surface area contributed by atoms with Crippen molar-refractivity contribution in [3.8, 4) is 0 Å². The molecule has 0 atom stereocenters. The van der Waals surface area contributed by atoms with Crippen LogP contribution in [0.2, 0.25) is 0 Å². The predicted molar refractivity (Wildman–Crippen MR) is 57.6 cm³/mol. The van der Waals surface area contributed by atoms with Gasteiger partial charge in [-0.2, -0.15) is 0 Å². The first kappa shape index (κ1) is 9.05. The first-order valence-electron chi connectivity index (χ1n) is 5.68. The molecule has 0 radical (unpaired) electrons. The molecular weight excluding hydrogens is 156 g/mol. The first-order valence-corrected chi connectivity index (χ1v) is 5.68. The molecule has 0 aromatic rings. The third-order valence-corrected chi connectivity index (χ3v) is 3.65. The zero-order valence-corrected chi connectivity index (χ0v) is 8.68. The van der Waals surface area contributed by atoms with E-state index in [1.165, 1.54) is 44.9 Å². The average Bonchev–Trinajstić information content (AvgIpc) is 2.20. The van der Waals surface area contributed by atoms with Gasteiger partial charge in [-0.25, -0.2) is 0 Å². The highest BCUT2D eigenvalue weighted by atomic mass is 14.3. The molecule has 0 bridgehead atoms. The van der Waals surface area contributed by atoms with E-state index in [-0.39, 0.29) is 0 Å². The molecule has 0 amide bonds. The Labute approximate surface area is 81.7 Å². The maximum atomic E-state index is 2.46. The molecule has 0 aliphatic heterocycles. The standard InChI is InChI=1S/C13H20/c1-13(10-6-3-7-11-13)12-8-4-2-5-9-12/h4,8-9H,2-3,5-7,10-11H2,1H3. The topological polar surface area (TPSA) is 0 Å². The zero-order valence-electron chi connectivity index (χ0n) is 8.68. The van der Waals surface area contributed by atoms with Crippen LogP contribution in [0.3, 0.4) is 0 Å². The van der Waals surface area contributed by atoms with E-state index in [1.807, 2.05) is 0 Å². The molecular formula is C13H20. The number of rotatable bonds is 1. The summed E-state index contributed by atoms with van der Waals surface area (Å²) in [6.45, 7) is 2.45. The Kier molecular flexibility index (Phi) is 2.57. The highest BCUT2D eigenvalue weighted by molar-refractivity contribution is 5.29. The van der Waals surface area contributed by atoms with Gasteiger partial charge in [0.15, 0.2) is 0 Å². The van der Waals surface area contributed by atoms with E-state index < -0.39 is 0 Å². The molecule has 13 heavy (non-hydrogen) atoms. The van der Waals surface area contributed by atoms with Gasteiger partial charge in [0.25, 0.3) is 0 Å². The quantitative estimate of drug-likeness (QED) is 0.560. The van der Waals surface area contributed by atoms with Crippen molar-refractivity contribution < 1.29 is 0 Å². The lowest BCUT2D eigenvalue weighted by Gasteiger charge is -2.35. The van der Waals surface area contributed by atoms with E-state index in [4.69, 9.17) is 0 Å². The number of allylic oxidation sites excluding steroid dienone is 4. The SMILES string of the molecule is CC1(C2=CCCC=C2)CCCCC1. The molecule has 0 unspecified atom stereocenters. The summed E-state index contributed by atoms with van der Waals surface area (Å²) in [4.78, 5) is 0. The largest absolute Gasteiger partial charge is 0.0839 e. The fourth-order valence-corrected chi connectivity index (χ4v) is 2.68. The Morgan fingerprint density at radius 1 is 1.08 bits per heavy atom. The molecule has 72 valence electrons. The summed E-state index contributed by atoms with van der Waals surface area (Å²) in [5, 5.41) is 0. The summed E-state index contributed by atoms with van der Waals surface area (Å²) in [6.07, 6.45) is 16.8. The highest BCUT2D eigenvalue weighted by Crippen LogP contribution is 2.43. The van der Waals surface area contributed by atoms with Crippen LogP contribution in [-0.2, 0) is 0 Å².